The lowest BCUT2D eigenvalue weighted by Gasteiger charge is -2.20. The van der Waals surface area contributed by atoms with E-state index in [4.69, 9.17) is 0 Å². The number of nitrogens with zero attached hydrogens (tertiary/aromatic N) is 1. The lowest BCUT2D eigenvalue weighted by atomic mass is 9.99. The van der Waals surface area contributed by atoms with Crippen molar-refractivity contribution >= 4 is 17.8 Å². The molecule has 1 saturated heterocycles. The number of nitrogens with one attached hydrogen (secondary N) is 2. The highest BCUT2D eigenvalue weighted by Gasteiger charge is 2.28. The number of rotatable bonds is 5. The number of carbonyl (C=O) groups excluding carboxylic acids is 3. The number of imide groups is 1. The van der Waals surface area contributed by atoms with Crippen LogP contribution >= 0.6 is 0 Å². The van der Waals surface area contributed by atoms with Gasteiger partial charge in [-0.3, -0.25) is 14.5 Å². The van der Waals surface area contributed by atoms with Crippen LogP contribution in [0.3, 0.4) is 0 Å². The normalized spacial score (nSPS) is 20.2. The molecule has 0 radical (unpaired) electrons. The number of hydrogen-bond acceptors (Lipinski definition) is 3. The highest BCUT2D eigenvalue weighted by atomic mass is 16.2. The maximum atomic E-state index is 12.2. The van der Waals surface area contributed by atoms with Crippen LogP contribution in [0.25, 0.3) is 0 Å². The van der Waals surface area contributed by atoms with Crippen molar-refractivity contribution in [3.8, 4) is 0 Å². The summed E-state index contributed by atoms with van der Waals surface area (Å²) >= 11 is 0. The Morgan fingerprint density at radius 1 is 1.08 bits per heavy atom. The smallest absolute Gasteiger partial charge is 0.315 e. The molecule has 1 aliphatic heterocycles. The molecular weight excluding hydrogens is 318 g/mol. The van der Waals surface area contributed by atoms with E-state index < -0.39 is 0 Å². The Kier molecular flexibility index (Phi) is 5.68. The van der Waals surface area contributed by atoms with Crippen molar-refractivity contribution in [1.29, 1.82) is 0 Å². The molecule has 1 aromatic carbocycles. The number of carbonyl (C=O) groups is 3. The van der Waals surface area contributed by atoms with Gasteiger partial charge in [0, 0.05) is 25.9 Å². The highest BCUT2D eigenvalue weighted by Crippen LogP contribution is 2.28. The lowest BCUT2D eigenvalue weighted by molar-refractivity contribution is -0.138. The number of hydrogen-bond donors (Lipinski definition) is 2. The van der Waals surface area contributed by atoms with Gasteiger partial charge < -0.3 is 10.6 Å². The van der Waals surface area contributed by atoms with Crippen molar-refractivity contribution in [2.75, 3.05) is 13.1 Å². The fourth-order valence-corrected chi connectivity index (χ4v) is 3.59. The third kappa shape index (κ3) is 4.38. The van der Waals surface area contributed by atoms with Gasteiger partial charge in [-0.25, -0.2) is 4.79 Å². The van der Waals surface area contributed by atoms with E-state index in [2.05, 4.69) is 22.8 Å². The molecule has 134 valence electrons. The van der Waals surface area contributed by atoms with E-state index in [1.54, 1.807) is 0 Å². The van der Waals surface area contributed by atoms with Crippen LogP contribution in [0, 0.1) is 0 Å². The Morgan fingerprint density at radius 3 is 2.64 bits per heavy atom. The Bertz CT molecular complexity index is 643. The fraction of sp³-hybridized carbons (Fsp3) is 0.526. The van der Waals surface area contributed by atoms with Gasteiger partial charge in [-0.05, 0) is 36.8 Å². The van der Waals surface area contributed by atoms with Gasteiger partial charge in [0.25, 0.3) is 0 Å². The van der Waals surface area contributed by atoms with Gasteiger partial charge in [-0.15, -0.1) is 0 Å². The predicted octanol–water partition coefficient (Wildman–Crippen LogP) is 2.29. The molecule has 2 aliphatic rings. The molecule has 0 bridgehead atoms. The van der Waals surface area contributed by atoms with Crippen molar-refractivity contribution in [3.05, 3.63) is 35.4 Å². The maximum absolute atomic E-state index is 12.2. The summed E-state index contributed by atoms with van der Waals surface area (Å²) in [6.07, 6.45) is 5.45. The van der Waals surface area contributed by atoms with Crippen LogP contribution in [0.2, 0.25) is 0 Å². The first-order valence-electron chi connectivity index (χ1n) is 9.10. The first kappa shape index (κ1) is 17.5. The Balaban J connectivity index is 1.45. The molecule has 1 atom stereocenters. The number of fused-ring (bicyclic) bond motifs is 1. The fourth-order valence-electron chi connectivity index (χ4n) is 3.59. The molecule has 2 N–H and O–H groups in total. The number of benzene rings is 1. The standard InChI is InChI=1S/C19H25N3O3/c23-17-10-11-18(24)22(17)13-5-12-20-19(25)21-16-9-4-2-7-14-6-1-3-8-15(14)16/h1,3,6,8,16H,2,4-5,7,9-13H2,(H2,20,21,25). The van der Waals surface area contributed by atoms with Gasteiger partial charge >= 0.3 is 6.03 Å². The second kappa shape index (κ2) is 8.14. The van der Waals surface area contributed by atoms with Gasteiger partial charge in [0.05, 0.1) is 6.04 Å². The van der Waals surface area contributed by atoms with Crippen LogP contribution in [0.4, 0.5) is 4.79 Å². The summed E-state index contributed by atoms with van der Waals surface area (Å²) in [4.78, 5) is 36.5. The van der Waals surface area contributed by atoms with E-state index in [0.717, 1.165) is 25.7 Å². The molecule has 3 rings (SSSR count). The van der Waals surface area contributed by atoms with Crippen molar-refractivity contribution < 1.29 is 14.4 Å². The minimum atomic E-state index is -0.194. The van der Waals surface area contributed by atoms with Crippen LogP contribution in [-0.4, -0.2) is 35.8 Å². The molecule has 1 aliphatic carbocycles. The Morgan fingerprint density at radius 2 is 1.84 bits per heavy atom. The second-order valence-electron chi connectivity index (χ2n) is 6.69. The second-order valence-corrected chi connectivity index (χ2v) is 6.69. The zero-order valence-electron chi connectivity index (χ0n) is 14.4. The van der Waals surface area contributed by atoms with E-state index in [1.807, 2.05) is 12.1 Å². The lowest BCUT2D eigenvalue weighted by Crippen LogP contribution is -2.39. The van der Waals surface area contributed by atoms with Gasteiger partial charge in [0.2, 0.25) is 11.8 Å². The molecule has 1 unspecified atom stereocenters. The van der Waals surface area contributed by atoms with Gasteiger partial charge in [-0.1, -0.05) is 30.7 Å². The molecule has 25 heavy (non-hydrogen) atoms. The molecule has 1 heterocycles. The van der Waals surface area contributed by atoms with Crippen LogP contribution in [0.15, 0.2) is 24.3 Å². The SMILES string of the molecule is O=C(NCCCN1C(=O)CCC1=O)NC1CCCCc2ccccc21. The van der Waals surface area contributed by atoms with E-state index in [-0.39, 0.29) is 23.9 Å². The van der Waals surface area contributed by atoms with Crippen LogP contribution in [-0.2, 0) is 16.0 Å². The summed E-state index contributed by atoms with van der Waals surface area (Å²) in [7, 11) is 0. The first-order valence-corrected chi connectivity index (χ1v) is 9.10. The average molecular weight is 343 g/mol. The van der Waals surface area contributed by atoms with Gasteiger partial charge in [-0.2, -0.15) is 0 Å². The molecule has 0 spiro atoms. The summed E-state index contributed by atoms with van der Waals surface area (Å²) in [5.74, 6) is -0.214. The molecular formula is C19H25N3O3. The minimum absolute atomic E-state index is 0.0421. The monoisotopic (exact) mass is 343 g/mol. The van der Waals surface area contributed by atoms with Crippen molar-refractivity contribution in [3.63, 3.8) is 0 Å². The summed E-state index contributed by atoms with van der Waals surface area (Å²) in [6.45, 7) is 0.821. The molecule has 1 fully saturated rings. The van der Waals surface area contributed by atoms with E-state index >= 15 is 0 Å². The first-order chi connectivity index (χ1) is 12.1. The largest absolute Gasteiger partial charge is 0.338 e. The van der Waals surface area contributed by atoms with Gasteiger partial charge in [0.1, 0.15) is 0 Å². The maximum Gasteiger partial charge on any atom is 0.315 e. The molecule has 6 heteroatoms. The third-order valence-corrected chi connectivity index (χ3v) is 4.92. The molecule has 1 aromatic rings. The summed E-state index contributed by atoms with van der Waals surface area (Å²) in [6, 6.07) is 8.14. The zero-order valence-corrected chi connectivity index (χ0v) is 14.4. The van der Waals surface area contributed by atoms with E-state index in [1.165, 1.54) is 16.0 Å². The van der Waals surface area contributed by atoms with Crippen LogP contribution < -0.4 is 10.6 Å². The topological polar surface area (TPSA) is 78.5 Å². The van der Waals surface area contributed by atoms with Crippen LogP contribution in [0.1, 0.15) is 55.7 Å². The number of aryl methyl sites for hydroxylation is 1. The minimum Gasteiger partial charge on any atom is -0.338 e. The third-order valence-electron chi connectivity index (χ3n) is 4.92. The number of urea groups is 1. The summed E-state index contributed by atoms with van der Waals surface area (Å²) in [5, 5.41) is 5.90. The molecule has 0 saturated carbocycles. The van der Waals surface area contributed by atoms with E-state index in [9.17, 15) is 14.4 Å². The molecule has 0 aromatic heterocycles. The van der Waals surface area contributed by atoms with Crippen molar-refractivity contribution in [2.24, 2.45) is 0 Å². The highest BCUT2D eigenvalue weighted by molar-refractivity contribution is 6.01. The Hall–Kier alpha value is -2.37. The average Bonchev–Trinajstić information content (AvgIpc) is 2.81. The van der Waals surface area contributed by atoms with Crippen molar-refractivity contribution in [1.82, 2.24) is 15.5 Å². The van der Waals surface area contributed by atoms with Crippen LogP contribution in [0.5, 0.6) is 0 Å². The number of amides is 4. The van der Waals surface area contributed by atoms with E-state index in [0.29, 0.717) is 32.4 Å². The number of likely N-dealkylation sites (tertiary alicyclic amines) is 1. The zero-order chi connectivity index (χ0) is 17.6. The van der Waals surface area contributed by atoms with Crippen molar-refractivity contribution in [2.45, 2.75) is 51.0 Å². The quantitative estimate of drug-likeness (QED) is 0.489. The molecule has 6 nitrogen and oxygen atoms in total. The summed E-state index contributed by atoms with van der Waals surface area (Å²) < 4.78 is 0. The predicted molar refractivity (Wildman–Crippen MR) is 93.8 cm³/mol. The Labute approximate surface area is 148 Å². The molecule has 4 amide bonds. The summed E-state index contributed by atoms with van der Waals surface area (Å²) in [5.41, 5.74) is 2.53. The van der Waals surface area contributed by atoms with Gasteiger partial charge in [0.15, 0.2) is 0 Å².